The fourth-order valence-electron chi connectivity index (χ4n) is 3.87. The van der Waals surface area contributed by atoms with Crippen molar-refractivity contribution >= 4 is 11.6 Å². The molecule has 0 bridgehead atoms. The highest BCUT2D eigenvalue weighted by Gasteiger charge is 2.30. The van der Waals surface area contributed by atoms with E-state index in [0.717, 1.165) is 25.0 Å². The van der Waals surface area contributed by atoms with E-state index in [4.69, 9.17) is 0 Å². The smallest absolute Gasteiger partial charge is 0.322 e. The summed E-state index contributed by atoms with van der Waals surface area (Å²) in [6.45, 7) is 0. The summed E-state index contributed by atoms with van der Waals surface area (Å²) >= 11 is 0. The molecule has 30 heavy (non-hydrogen) atoms. The second-order valence-electron chi connectivity index (χ2n) is 7.45. The van der Waals surface area contributed by atoms with E-state index in [0.29, 0.717) is 28.4 Å². The third-order valence-corrected chi connectivity index (χ3v) is 5.50. The lowest BCUT2D eigenvalue weighted by Gasteiger charge is -2.12. The number of carbonyl (C=O) groups is 1. The lowest BCUT2D eigenvalue weighted by Crippen LogP contribution is -2.24. The maximum Gasteiger partial charge on any atom is 0.416 e. The molecule has 0 fully saturated rings. The van der Waals surface area contributed by atoms with E-state index in [1.807, 2.05) is 25.2 Å². The first kappa shape index (κ1) is 20.2. The van der Waals surface area contributed by atoms with E-state index in [1.54, 1.807) is 24.3 Å². The Morgan fingerprint density at radius 3 is 2.33 bits per heavy atom. The molecule has 0 radical (unpaired) electrons. The van der Waals surface area contributed by atoms with E-state index in [2.05, 4.69) is 10.6 Å². The highest BCUT2D eigenvalue weighted by molar-refractivity contribution is 6.08. The maximum absolute atomic E-state index is 13.0. The maximum atomic E-state index is 13.0. The largest absolute Gasteiger partial charge is 0.416 e. The molecule has 1 aliphatic rings. The van der Waals surface area contributed by atoms with Crippen LogP contribution in [0.1, 0.15) is 27.0 Å². The Morgan fingerprint density at radius 2 is 1.63 bits per heavy atom. The number of rotatable bonds is 4. The number of likely N-dealkylation sites (N-methyl/N-ethyl adjacent to an activating group) is 1. The number of hydrogen-bond acceptors (Lipinski definition) is 2. The number of fused-ring (bicyclic) bond motifs is 1. The number of nitrogens with one attached hydrogen (secondary N) is 2. The number of hydrogen-bond donors (Lipinski definition) is 2. The summed E-state index contributed by atoms with van der Waals surface area (Å²) in [6.07, 6.45) is -2.51. The van der Waals surface area contributed by atoms with Gasteiger partial charge in [-0.3, -0.25) is 4.79 Å². The van der Waals surface area contributed by atoms with Crippen molar-refractivity contribution in [1.29, 1.82) is 0 Å². The molecule has 0 spiro atoms. The van der Waals surface area contributed by atoms with Gasteiger partial charge in [0.2, 0.25) is 0 Å². The Morgan fingerprint density at radius 1 is 0.933 bits per heavy atom. The Bertz CT molecular complexity index is 1070. The monoisotopic (exact) mass is 410 g/mol. The minimum atomic E-state index is -4.39. The van der Waals surface area contributed by atoms with Gasteiger partial charge in [-0.15, -0.1) is 0 Å². The average Bonchev–Trinajstić information content (AvgIpc) is 3.16. The van der Waals surface area contributed by atoms with Gasteiger partial charge in [0.05, 0.1) is 5.56 Å². The lowest BCUT2D eigenvalue weighted by atomic mass is 9.98. The number of halogens is 3. The Kier molecular flexibility index (Phi) is 5.35. The van der Waals surface area contributed by atoms with Gasteiger partial charge >= 0.3 is 6.18 Å². The molecule has 154 valence electrons. The summed E-state index contributed by atoms with van der Waals surface area (Å²) in [6, 6.07) is 18.1. The van der Waals surface area contributed by atoms with Crippen LogP contribution < -0.4 is 10.6 Å². The predicted octanol–water partition coefficient (Wildman–Crippen LogP) is 5.31. The fraction of sp³-hybridized carbons (Fsp3) is 0.208. The number of carbonyl (C=O) groups excluding carboxylic acids is 1. The van der Waals surface area contributed by atoms with Crippen molar-refractivity contribution in [2.24, 2.45) is 0 Å². The lowest BCUT2D eigenvalue weighted by molar-refractivity contribution is -0.137. The van der Waals surface area contributed by atoms with Crippen LogP contribution in [-0.2, 0) is 19.0 Å². The molecule has 0 heterocycles. The Hall–Kier alpha value is -3.12. The molecule has 1 amide bonds. The molecule has 0 aromatic heterocycles. The van der Waals surface area contributed by atoms with Crippen molar-refractivity contribution in [3.05, 3.63) is 89.0 Å². The molecule has 1 atom stereocenters. The molecule has 0 aliphatic heterocycles. The van der Waals surface area contributed by atoms with Gasteiger partial charge in [0, 0.05) is 17.3 Å². The molecular formula is C24H21F3N2O. The van der Waals surface area contributed by atoms with Crippen LogP contribution in [0.15, 0.2) is 66.7 Å². The van der Waals surface area contributed by atoms with Crippen molar-refractivity contribution in [3.8, 4) is 11.1 Å². The van der Waals surface area contributed by atoms with Gasteiger partial charge in [0.25, 0.3) is 5.91 Å². The summed E-state index contributed by atoms with van der Waals surface area (Å²) in [7, 11) is 1.94. The van der Waals surface area contributed by atoms with Crippen molar-refractivity contribution in [3.63, 3.8) is 0 Å². The number of alkyl halides is 3. The highest BCUT2D eigenvalue weighted by atomic mass is 19.4. The third-order valence-electron chi connectivity index (χ3n) is 5.50. The van der Waals surface area contributed by atoms with E-state index in [-0.39, 0.29) is 5.91 Å². The van der Waals surface area contributed by atoms with Crippen LogP contribution in [0.2, 0.25) is 0 Å². The Labute approximate surface area is 172 Å². The van der Waals surface area contributed by atoms with Crippen LogP contribution in [0.3, 0.4) is 0 Å². The molecule has 2 N–H and O–H groups in total. The zero-order valence-corrected chi connectivity index (χ0v) is 16.4. The summed E-state index contributed by atoms with van der Waals surface area (Å²) in [4.78, 5) is 13.0. The van der Waals surface area contributed by atoms with Crippen LogP contribution in [0.4, 0.5) is 18.9 Å². The predicted molar refractivity (Wildman–Crippen MR) is 112 cm³/mol. The fourth-order valence-corrected chi connectivity index (χ4v) is 3.87. The third kappa shape index (κ3) is 4.09. The van der Waals surface area contributed by atoms with E-state index in [9.17, 15) is 18.0 Å². The molecule has 1 unspecified atom stereocenters. The topological polar surface area (TPSA) is 41.1 Å². The quantitative estimate of drug-likeness (QED) is 0.612. The van der Waals surface area contributed by atoms with Crippen LogP contribution >= 0.6 is 0 Å². The van der Waals surface area contributed by atoms with Crippen molar-refractivity contribution < 1.29 is 18.0 Å². The van der Waals surface area contributed by atoms with Gasteiger partial charge in [-0.25, -0.2) is 0 Å². The molecular weight excluding hydrogens is 389 g/mol. The first-order chi connectivity index (χ1) is 14.3. The molecule has 3 aromatic carbocycles. The molecule has 4 rings (SSSR count). The van der Waals surface area contributed by atoms with E-state index < -0.39 is 11.7 Å². The Balaban J connectivity index is 1.58. The van der Waals surface area contributed by atoms with Gasteiger partial charge < -0.3 is 10.6 Å². The first-order valence-electron chi connectivity index (χ1n) is 9.72. The number of benzene rings is 3. The second-order valence-corrected chi connectivity index (χ2v) is 7.45. The standard InChI is InChI=1S/C24H21F3N2O/c1-28-20-12-16-8-11-19(13-17(16)14-20)29-23(30)22-5-3-2-4-21(22)15-6-9-18(10-7-15)24(25,26)27/h2-11,13,20,28H,12,14H2,1H3,(H,29,30). The van der Waals surface area contributed by atoms with Crippen molar-refractivity contribution in [2.75, 3.05) is 12.4 Å². The first-order valence-corrected chi connectivity index (χ1v) is 9.72. The van der Waals surface area contributed by atoms with Crippen LogP contribution in [0, 0.1) is 0 Å². The van der Waals surface area contributed by atoms with Gasteiger partial charge in [-0.05, 0) is 72.5 Å². The van der Waals surface area contributed by atoms with Crippen LogP contribution in [-0.4, -0.2) is 19.0 Å². The minimum Gasteiger partial charge on any atom is -0.322 e. The summed E-state index contributed by atoms with van der Waals surface area (Å²) in [5.41, 5.74) is 4.02. The minimum absolute atomic E-state index is 0.298. The zero-order chi connectivity index (χ0) is 21.3. The zero-order valence-electron chi connectivity index (χ0n) is 16.4. The normalized spacial score (nSPS) is 15.7. The summed E-state index contributed by atoms with van der Waals surface area (Å²) in [5.74, 6) is -0.298. The van der Waals surface area contributed by atoms with Gasteiger partial charge in [0.1, 0.15) is 0 Å². The summed E-state index contributed by atoms with van der Waals surface area (Å²) in [5, 5.41) is 6.21. The molecule has 3 nitrogen and oxygen atoms in total. The molecule has 0 saturated heterocycles. The molecule has 6 heteroatoms. The average molecular weight is 410 g/mol. The van der Waals surface area contributed by atoms with Crippen LogP contribution in [0.5, 0.6) is 0 Å². The van der Waals surface area contributed by atoms with E-state index in [1.165, 1.54) is 23.3 Å². The van der Waals surface area contributed by atoms with Crippen molar-refractivity contribution in [2.45, 2.75) is 25.1 Å². The highest BCUT2D eigenvalue weighted by Crippen LogP contribution is 2.32. The molecule has 0 saturated carbocycles. The van der Waals surface area contributed by atoms with Gasteiger partial charge in [0.15, 0.2) is 0 Å². The van der Waals surface area contributed by atoms with Crippen LogP contribution in [0.25, 0.3) is 11.1 Å². The van der Waals surface area contributed by atoms with E-state index >= 15 is 0 Å². The number of anilines is 1. The SMILES string of the molecule is CNC1Cc2ccc(NC(=O)c3ccccc3-c3ccc(C(F)(F)F)cc3)cc2C1. The van der Waals surface area contributed by atoms with Gasteiger partial charge in [-0.1, -0.05) is 36.4 Å². The van der Waals surface area contributed by atoms with Gasteiger partial charge in [-0.2, -0.15) is 13.2 Å². The summed E-state index contributed by atoms with van der Waals surface area (Å²) < 4.78 is 38.5. The van der Waals surface area contributed by atoms with Crippen molar-refractivity contribution in [1.82, 2.24) is 5.32 Å². The second kappa shape index (κ2) is 7.95. The molecule has 1 aliphatic carbocycles. The molecule has 3 aromatic rings. The number of amides is 1.